The Morgan fingerprint density at radius 1 is 0.508 bits per heavy atom. The average molecular weight is 757 g/mol. The minimum Gasteiger partial charge on any atom is -0.453 e. The fourth-order valence-corrected chi connectivity index (χ4v) is 9.21. The SMILES string of the molecule is C1=CC2N=C(c3ccc(-n4c5ccc6ccccc6c5c5cccc(-c6ccc7c(c6)Oc6ccccc6N7c6ccccc6)c54)cc3)N=C(c3ccccc3)C2C=C1. The van der Waals surface area contributed by atoms with Crippen molar-refractivity contribution >= 4 is 61.2 Å². The van der Waals surface area contributed by atoms with E-state index in [9.17, 15) is 0 Å². The molecule has 5 heteroatoms. The molecule has 0 amide bonds. The lowest BCUT2D eigenvalue weighted by atomic mass is 9.86. The van der Waals surface area contributed by atoms with Gasteiger partial charge in [0.05, 0.1) is 34.2 Å². The van der Waals surface area contributed by atoms with Crippen molar-refractivity contribution in [3.63, 3.8) is 0 Å². The number of hydrogen-bond acceptors (Lipinski definition) is 4. The molecule has 12 rings (SSSR count). The number of amidine groups is 1. The summed E-state index contributed by atoms with van der Waals surface area (Å²) in [4.78, 5) is 12.7. The third kappa shape index (κ3) is 5.39. The minimum absolute atomic E-state index is 0.00408. The van der Waals surface area contributed by atoms with E-state index < -0.39 is 0 Å². The number of allylic oxidation sites excluding steroid dienone is 2. The second-order valence-corrected chi connectivity index (χ2v) is 15.3. The lowest BCUT2D eigenvalue weighted by Gasteiger charge is -2.33. The largest absolute Gasteiger partial charge is 0.453 e. The van der Waals surface area contributed by atoms with E-state index in [4.69, 9.17) is 14.7 Å². The predicted molar refractivity (Wildman–Crippen MR) is 244 cm³/mol. The van der Waals surface area contributed by atoms with Crippen LogP contribution in [0, 0.1) is 5.92 Å². The number of aliphatic imine (C=N–C) groups is 2. The summed E-state index contributed by atoms with van der Waals surface area (Å²) in [6.45, 7) is 0. The molecule has 0 radical (unpaired) electrons. The molecule has 3 heterocycles. The van der Waals surface area contributed by atoms with Crippen molar-refractivity contribution in [2.75, 3.05) is 4.90 Å². The smallest absolute Gasteiger partial charge is 0.155 e. The minimum atomic E-state index is 0.00408. The topological polar surface area (TPSA) is 42.1 Å². The van der Waals surface area contributed by atoms with Gasteiger partial charge < -0.3 is 14.2 Å². The summed E-state index contributed by atoms with van der Waals surface area (Å²) in [5, 5.41) is 4.88. The summed E-state index contributed by atoms with van der Waals surface area (Å²) < 4.78 is 9.12. The van der Waals surface area contributed by atoms with Gasteiger partial charge in [-0.25, -0.2) is 4.99 Å². The van der Waals surface area contributed by atoms with Crippen LogP contribution in [0.4, 0.5) is 17.1 Å². The number of aromatic nitrogens is 1. The molecule has 1 aromatic heterocycles. The molecule has 0 bridgehead atoms. The first-order valence-electron chi connectivity index (χ1n) is 20.2. The van der Waals surface area contributed by atoms with Gasteiger partial charge in [0.1, 0.15) is 0 Å². The van der Waals surface area contributed by atoms with Gasteiger partial charge in [-0.2, -0.15) is 0 Å². The first-order valence-corrected chi connectivity index (χ1v) is 20.2. The fraction of sp³-hybridized carbons (Fsp3) is 0.0370. The van der Waals surface area contributed by atoms with Crippen LogP contribution in [-0.2, 0) is 0 Å². The van der Waals surface area contributed by atoms with Gasteiger partial charge in [0.15, 0.2) is 17.3 Å². The fourth-order valence-electron chi connectivity index (χ4n) is 9.21. The molecular weight excluding hydrogens is 721 g/mol. The van der Waals surface area contributed by atoms with Crippen LogP contribution >= 0.6 is 0 Å². The van der Waals surface area contributed by atoms with E-state index in [0.717, 1.165) is 79.1 Å². The zero-order valence-corrected chi connectivity index (χ0v) is 32.0. The monoisotopic (exact) mass is 756 g/mol. The number of anilines is 3. The summed E-state index contributed by atoms with van der Waals surface area (Å²) in [6, 6.07) is 64.5. The van der Waals surface area contributed by atoms with Crippen LogP contribution < -0.4 is 9.64 Å². The molecule has 0 fully saturated rings. The zero-order valence-electron chi connectivity index (χ0n) is 32.0. The normalized spacial score (nSPS) is 16.6. The average Bonchev–Trinajstić information content (AvgIpc) is 3.66. The molecule has 0 spiro atoms. The Labute approximate surface area is 341 Å². The Morgan fingerprint density at radius 2 is 1.24 bits per heavy atom. The quantitative estimate of drug-likeness (QED) is 0.175. The van der Waals surface area contributed by atoms with E-state index >= 15 is 0 Å². The third-order valence-corrected chi connectivity index (χ3v) is 11.9. The first kappa shape index (κ1) is 33.4. The van der Waals surface area contributed by atoms with Crippen LogP contribution in [0.25, 0.3) is 49.4 Å². The molecule has 8 aromatic carbocycles. The second kappa shape index (κ2) is 13.4. The van der Waals surface area contributed by atoms with Crippen LogP contribution in [0.15, 0.2) is 216 Å². The van der Waals surface area contributed by atoms with E-state index in [-0.39, 0.29) is 12.0 Å². The summed E-state index contributed by atoms with van der Waals surface area (Å²) in [5.74, 6) is 2.51. The third-order valence-electron chi connectivity index (χ3n) is 11.9. The Balaban J connectivity index is 1.03. The molecule has 0 saturated carbocycles. The van der Waals surface area contributed by atoms with Crippen molar-refractivity contribution in [2.45, 2.75) is 6.04 Å². The highest BCUT2D eigenvalue weighted by atomic mass is 16.5. The van der Waals surface area contributed by atoms with Gasteiger partial charge in [0.25, 0.3) is 0 Å². The molecule has 278 valence electrons. The molecule has 1 aliphatic carbocycles. The van der Waals surface area contributed by atoms with Crippen molar-refractivity contribution < 1.29 is 4.74 Å². The predicted octanol–water partition coefficient (Wildman–Crippen LogP) is 13.5. The van der Waals surface area contributed by atoms with Gasteiger partial charge in [-0.1, -0.05) is 140 Å². The van der Waals surface area contributed by atoms with E-state index in [2.05, 4.69) is 204 Å². The molecular formula is C54H36N4O. The van der Waals surface area contributed by atoms with Crippen molar-refractivity contribution in [1.29, 1.82) is 0 Å². The lowest BCUT2D eigenvalue weighted by molar-refractivity contribution is 0.477. The second-order valence-electron chi connectivity index (χ2n) is 15.3. The highest BCUT2D eigenvalue weighted by molar-refractivity contribution is 6.23. The summed E-state index contributed by atoms with van der Waals surface area (Å²) in [6.07, 6.45) is 8.60. The molecule has 0 N–H and O–H groups in total. The zero-order chi connectivity index (χ0) is 38.9. The number of hydrogen-bond donors (Lipinski definition) is 0. The lowest BCUT2D eigenvalue weighted by Crippen LogP contribution is -2.31. The molecule has 59 heavy (non-hydrogen) atoms. The van der Waals surface area contributed by atoms with E-state index in [1.54, 1.807) is 0 Å². The van der Waals surface area contributed by atoms with Crippen molar-refractivity contribution in [2.24, 2.45) is 15.9 Å². The number of benzene rings is 8. The van der Waals surface area contributed by atoms with E-state index in [1.165, 1.54) is 21.5 Å². The number of ether oxygens (including phenoxy) is 1. The molecule has 5 nitrogen and oxygen atoms in total. The van der Waals surface area contributed by atoms with Gasteiger partial charge in [0.2, 0.25) is 0 Å². The van der Waals surface area contributed by atoms with Gasteiger partial charge in [-0.3, -0.25) is 4.99 Å². The van der Waals surface area contributed by atoms with Crippen molar-refractivity contribution in [3.05, 3.63) is 217 Å². The van der Waals surface area contributed by atoms with Gasteiger partial charge in [-0.15, -0.1) is 0 Å². The van der Waals surface area contributed by atoms with Crippen LogP contribution in [-0.4, -0.2) is 22.2 Å². The highest BCUT2D eigenvalue weighted by Gasteiger charge is 2.30. The number of rotatable bonds is 5. The Hall–Kier alpha value is -7.76. The standard InChI is InChI=1S/C54H36N4O/c1-3-15-36(16-4-1)52-43-20-9-10-23-45(43)55-54(56-52)37-26-30-40(31-27-37)58-48-33-28-35-14-7-8-19-41(35)51(48)44-22-13-21-42(53(44)58)38-29-32-47-50(34-38)59-49-25-12-11-24-46(49)57(47)39-17-5-2-6-18-39/h1-34,43,45H. The molecule has 0 saturated heterocycles. The highest BCUT2D eigenvalue weighted by Crippen LogP contribution is 2.52. The summed E-state index contributed by atoms with van der Waals surface area (Å²) >= 11 is 0. The molecule has 2 aliphatic heterocycles. The number of nitrogens with zero attached hydrogens (tertiary/aromatic N) is 4. The number of para-hydroxylation sites is 4. The maximum Gasteiger partial charge on any atom is 0.155 e. The van der Waals surface area contributed by atoms with Crippen LogP contribution in [0.3, 0.4) is 0 Å². The molecule has 2 unspecified atom stereocenters. The summed E-state index contributed by atoms with van der Waals surface area (Å²) in [5.41, 5.74) is 11.8. The Kier molecular flexibility index (Phi) is 7.60. The first-order chi connectivity index (χ1) is 29.3. The number of fused-ring (bicyclic) bond motifs is 8. The van der Waals surface area contributed by atoms with Gasteiger partial charge >= 0.3 is 0 Å². The Bertz CT molecular complexity index is 3250. The van der Waals surface area contributed by atoms with Crippen LogP contribution in [0.1, 0.15) is 11.1 Å². The maximum atomic E-state index is 6.70. The van der Waals surface area contributed by atoms with E-state index in [1.807, 2.05) is 12.1 Å². The molecule has 9 aromatic rings. The maximum absolute atomic E-state index is 6.70. The van der Waals surface area contributed by atoms with Gasteiger partial charge in [0, 0.05) is 39.2 Å². The van der Waals surface area contributed by atoms with Gasteiger partial charge in [-0.05, 0) is 88.6 Å². The van der Waals surface area contributed by atoms with Crippen molar-refractivity contribution in [3.8, 4) is 28.3 Å². The van der Waals surface area contributed by atoms with E-state index in [0.29, 0.717) is 0 Å². The molecule has 3 aliphatic rings. The molecule has 2 atom stereocenters. The van der Waals surface area contributed by atoms with Crippen molar-refractivity contribution in [1.82, 2.24) is 4.57 Å². The van der Waals surface area contributed by atoms with Crippen LogP contribution in [0.2, 0.25) is 0 Å². The Morgan fingerprint density at radius 3 is 2.12 bits per heavy atom. The summed E-state index contributed by atoms with van der Waals surface area (Å²) in [7, 11) is 0. The van der Waals surface area contributed by atoms with Crippen LogP contribution in [0.5, 0.6) is 11.5 Å².